The van der Waals surface area contributed by atoms with Crippen molar-refractivity contribution >= 4 is 11.7 Å². The Hall–Kier alpha value is -2.80. The zero-order valence-corrected chi connectivity index (χ0v) is 13.1. The lowest BCUT2D eigenvalue weighted by molar-refractivity contribution is -0.110. The van der Waals surface area contributed by atoms with E-state index in [1.165, 1.54) is 33.5 Å². The van der Waals surface area contributed by atoms with Gasteiger partial charge in [0.05, 0.1) is 27.4 Å². The molecule has 0 fully saturated rings. The highest BCUT2D eigenvalue weighted by Gasteiger charge is 2.17. The molecule has 1 aromatic carbocycles. The van der Waals surface area contributed by atoms with Crippen LogP contribution in [-0.4, -0.2) is 39.1 Å². The van der Waals surface area contributed by atoms with E-state index in [-0.39, 0.29) is 17.7 Å². The number of benzene rings is 1. The molecule has 0 spiro atoms. The number of nitrogens with one attached hydrogen (secondary N) is 2. The smallest absolute Gasteiger partial charge is 0.265 e. The first-order chi connectivity index (χ1) is 11.1. The van der Waals surface area contributed by atoms with Crippen LogP contribution >= 0.6 is 0 Å². The maximum atomic E-state index is 12.2. The maximum Gasteiger partial charge on any atom is 0.265 e. The second kappa shape index (κ2) is 7.46. The van der Waals surface area contributed by atoms with Gasteiger partial charge >= 0.3 is 0 Å². The Morgan fingerprint density at radius 3 is 2.04 bits per heavy atom. The predicted molar refractivity (Wildman–Crippen MR) is 83.8 cm³/mol. The van der Waals surface area contributed by atoms with Gasteiger partial charge in [0, 0.05) is 5.56 Å². The van der Waals surface area contributed by atoms with Crippen molar-refractivity contribution in [3.8, 4) is 17.2 Å². The molecular formula is C16H18N2O5. The lowest BCUT2D eigenvalue weighted by Gasteiger charge is -2.16. The van der Waals surface area contributed by atoms with E-state index in [2.05, 4.69) is 10.9 Å². The van der Waals surface area contributed by atoms with Crippen LogP contribution in [-0.2, 0) is 4.79 Å². The first kappa shape index (κ1) is 16.6. The molecule has 1 amide bonds. The van der Waals surface area contributed by atoms with Gasteiger partial charge in [0.2, 0.25) is 5.75 Å². The lowest BCUT2D eigenvalue weighted by atomic mass is 10.1. The van der Waals surface area contributed by atoms with E-state index in [0.717, 1.165) is 0 Å². The van der Waals surface area contributed by atoms with Gasteiger partial charge in [0.15, 0.2) is 17.3 Å². The van der Waals surface area contributed by atoms with Crippen molar-refractivity contribution < 1.29 is 23.8 Å². The average Bonchev–Trinajstić information content (AvgIpc) is 2.59. The van der Waals surface area contributed by atoms with E-state index in [4.69, 9.17) is 14.2 Å². The molecule has 2 rings (SSSR count). The standard InChI is InChI=1S/C16H18N2O5/c1-21-13-8-10(9-14(22-2)15(13)23-3)16(20)18-17-11-4-6-12(19)7-5-11/h4-9,11,17H,1-3H3,(H,18,20). The van der Waals surface area contributed by atoms with Gasteiger partial charge < -0.3 is 14.2 Å². The molecule has 0 unspecified atom stereocenters. The minimum atomic E-state index is -0.372. The third kappa shape index (κ3) is 3.89. The van der Waals surface area contributed by atoms with Gasteiger partial charge in [-0.15, -0.1) is 0 Å². The number of ketones is 1. The van der Waals surface area contributed by atoms with E-state index in [0.29, 0.717) is 22.8 Å². The molecule has 1 aromatic rings. The second-order valence-corrected chi connectivity index (χ2v) is 4.66. The number of amides is 1. The second-order valence-electron chi connectivity index (χ2n) is 4.66. The third-order valence-corrected chi connectivity index (χ3v) is 3.21. The molecule has 7 nitrogen and oxygen atoms in total. The molecule has 0 radical (unpaired) electrons. The molecule has 23 heavy (non-hydrogen) atoms. The van der Waals surface area contributed by atoms with Crippen LogP contribution in [0.15, 0.2) is 36.4 Å². The number of carbonyl (C=O) groups excluding carboxylic acids is 2. The zero-order valence-electron chi connectivity index (χ0n) is 13.1. The number of rotatable bonds is 6. The molecular weight excluding hydrogens is 300 g/mol. The molecule has 0 saturated carbocycles. The first-order valence-corrected chi connectivity index (χ1v) is 6.85. The van der Waals surface area contributed by atoms with Gasteiger partial charge in [0.25, 0.3) is 5.91 Å². The van der Waals surface area contributed by atoms with Crippen molar-refractivity contribution in [3.05, 3.63) is 42.0 Å². The quantitative estimate of drug-likeness (QED) is 0.762. The number of hydrazine groups is 1. The highest BCUT2D eigenvalue weighted by atomic mass is 16.5. The van der Waals surface area contributed by atoms with Crippen LogP contribution in [0.3, 0.4) is 0 Å². The fourth-order valence-electron chi connectivity index (χ4n) is 2.05. The summed E-state index contributed by atoms with van der Waals surface area (Å²) < 4.78 is 15.6. The molecule has 0 heterocycles. The molecule has 1 aliphatic carbocycles. The summed E-state index contributed by atoms with van der Waals surface area (Å²) in [6.45, 7) is 0. The van der Waals surface area contributed by atoms with Gasteiger partial charge in [-0.05, 0) is 24.3 Å². The third-order valence-electron chi connectivity index (χ3n) is 3.21. The summed E-state index contributed by atoms with van der Waals surface area (Å²) in [5.41, 5.74) is 5.71. The Morgan fingerprint density at radius 1 is 1.00 bits per heavy atom. The summed E-state index contributed by atoms with van der Waals surface area (Å²) in [7, 11) is 4.45. The van der Waals surface area contributed by atoms with Crippen LogP contribution in [0, 0.1) is 0 Å². The van der Waals surface area contributed by atoms with Crippen LogP contribution in [0.4, 0.5) is 0 Å². The van der Waals surface area contributed by atoms with Crippen molar-refractivity contribution in [2.24, 2.45) is 0 Å². The summed E-state index contributed by atoms with van der Waals surface area (Å²) in [5, 5.41) is 0. The summed E-state index contributed by atoms with van der Waals surface area (Å²) in [4.78, 5) is 23.3. The molecule has 1 aliphatic rings. The SMILES string of the molecule is COc1cc(C(=O)NNC2C=CC(=O)C=C2)cc(OC)c1OC. The average molecular weight is 318 g/mol. The van der Waals surface area contributed by atoms with Gasteiger partial charge in [-0.3, -0.25) is 15.0 Å². The van der Waals surface area contributed by atoms with Crippen LogP contribution in [0.1, 0.15) is 10.4 Å². The van der Waals surface area contributed by atoms with Crippen LogP contribution < -0.4 is 25.1 Å². The Labute approximate surface area is 133 Å². The van der Waals surface area contributed by atoms with Gasteiger partial charge in [-0.2, -0.15) is 0 Å². The number of ether oxygens (including phenoxy) is 3. The molecule has 0 atom stereocenters. The molecule has 0 aliphatic heterocycles. The highest BCUT2D eigenvalue weighted by molar-refractivity contribution is 6.00. The summed E-state index contributed by atoms with van der Waals surface area (Å²) in [5.74, 6) is 0.734. The molecule has 122 valence electrons. The first-order valence-electron chi connectivity index (χ1n) is 6.85. The molecule has 0 aromatic heterocycles. The van der Waals surface area contributed by atoms with E-state index in [1.54, 1.807) is 24.3 Å². The summed E-state index contributed by atoms with van der Waals surface area (Å²) in [6.07, 6.45) is 6.17. The van der Waals surface area contributed by atoms with Crippen molar-refractivity contribution in [2.75, 3.05) is 21.3 Å². The Bertz CT molecular complexity index is 625. The van der Waals surface area contributed by atoms with E-state index in [1.807, 2.05) is 0 Å². The Balaban J connectivity index is 2.11. The predicted octanol–water partition coefficient (Wildman–Crippen LogP) is 1.01. The topological polar surface area (TPSA) is 85.9 Å². The van der Waals surface area contributed by atoms with Crippen molar-refractivity contribution in [3.63, 3.8) is 0 Å². The molecule has 2 N–H and O–H groups in total. The lowest BCUT2D eigenvalue weighted by Crippen LogP contribution is -2.43. The Kier molecular flexibility index (Phi) is 5.37. The van der Waals surface area contributed by atoms with Crippen molar-refractivity contribution in [1.29, 1.82) is 0 Å². The van der Waals surface area contributed by atoms with Crippen LogP contribution in [0.25, 0.3) is 0 Å². The zero-order chi connectivity index (χ0) is 16.8. The fraction of sp³-hybridized carbons (Fsp3) is 0.250. The molecule has 0 saturated heterocycles. The summed E-state index contributed by atoms with van der Waals surface area (Å²) >= 11 is 0. The Morgan fingerprint density at radius 2 is 1.57 bits per heavy atom. The minimum Gasteiger partial charge on any atom is -0.493 e. The molecule has 0 bridgehead atoms. The number of carbonyl (C=O) groups is 2. The summed E-state index contributed by atoms with van der Waals surface area (Å²) in [6, 6.07) is 2.85. The minimum absolute atomic E-state index is 0.0843. The van der Waals surface area contributed by atoms with E-state index >= 15 is 0 Å². The maximum absolute atomic E-state index is 12.2. The number of allylic oxidation sites excluding steroid dienone is 2. The number of hydrogen-bond acceptors (Lipinski definition) is 6. The fourth-order valence-corrected chi connectivity index (χ4v) is 2.05. The highest BCUT2D eigenvalue weighted by Crippen LogP contribution is 2.38. The van der Waals surface area contributed by atoms with Gasteiger partial charge in [-0.1, -0.05) is 12.2 Å². The number of methoxy groups -OCH3 is 3. The molecule has 7 heteroatoms. The van der Waals surface area contributed by atoms with Crippen LogP contribution in [0.5, 0.6) is 17.2 Å². The van der Waals surface area contributed by atoms with Gasteiger partial charge in [0.1, 0.15) is 0 Å². The normalized spacial score (nSPS) is 13.8. The monoisotopic (exact) mass is 318 g/mol. The van der Waals surface area contributed by atoms with Gasteiger partial charge in [-0.25, -0.2) is 5.43 Å². The van der Waals surface area contributed by atoms with Crippen molar-refractivity contribution in [2.45, 2.75) is 6.04 Å². The van der Waals surface area contributed by atoms with E-state index in [9.17, 15) is 9.59 Å². The number of hydrogen-bond donors (Lipinski definition) is 2. The van der Waals surface area contributed by atoms with E-state index < -0.39 is 0 Å². The largest absolute Gasteiger partial charge is 0.493 e. The van der Waals surface area contributed by atoms with Crippen LogP contribution in [0.2, 0.25) is 0 Å². The van der Waals surface area contributed by atoms with Crippen molar-refractivity contribution in [1.82, 2.24) is 10.9 Å².